The van der Waals surface area contributed by atoms with E-state index in [1.54, 1.807) is 12.4 Å². The summed E-state index contributed by atoms with van der Waals surface area (Å²) in [5.74, 6) is 0.784. The second-order valence-electron chi connectivity index (χ2n) is 4.31. The Kier molecular flexibility index (Phi) is 3.23. The maximum absolute atomic E-state index is 4.45. The van der Waals surface area contributed by atoms with Crippen LogP contribution in [0.25, 0.3) is 0 Å². The lowest BCUT2D eigenvalue weighted by Gasteiger charge is -2.23. The van der Waals surface area contributed by atoms with Crippen molar-refractivity contribution in [2.24, 2.45) is 0 Å². The van der Waals surface area contributed by atoms with E-state index < -0.39 is 0 Å². The van der Waals surface area contributed by atoms with Crippen molar-refractivity contribution in [3.8, 4) is 0 Å². The molecule has 1 aliphatic heterocycles. The summed E-state index contributed by atoms with van der Waals surface area (Å²) in [5, 5.41) is 0. The van der Waals surface area contributed by atoms with Crippen LogP contribution in [0.5, 0.6) is 0 Å². The molecule has 3 rings (SSSR count). The van der Waals surface area contributed by atoms with Crippen LogP contribution in [0.3, 0.4) is 0 Å². The molecule has 1 saturated heterocycles. The number of aromatic nitrogens is 3. The molecule has 2 aromatic rings. The standard InChI is InChI=1S/C13H13BrN4/c14-10-8-16-13(17-9-10)18-7-3-5-12(18)11-4-1-2-6-15-11/h1-2,4,6,8-9,12H,3,5,7H2/t12-/m1/s1. The summed E-state index contributed by atoms with van der Waals surface area (Å²) in [6.07, 6.45) is 7.68. The summed E-state index contributed by atoms with van der Waals surface area (Å²) in [7, 11) is 0. The number of hydrogen-bond donors (Lipinski definition) is 0. The fourth-order valence-electron chi connectivity index (χ4n) is 2.34. The van der Waals surface area contributed by atoms with Crippen LogP contribution in [-0.2, 0) is 0 Å². The van der Waals surface area contributed by atoms with Gasteiger partial charge in [-0.2, -0.15) is 0 Å². The van der Waals surface area contributed by atoms with Gasteiger partial charge in [-0.1, -0.05) is 6.07 Å². The van der Waals surface area contributed by atoms with Crippen LogP contribution in [0.1, 0.15) is 24.6 Å². The summed E-state index contributed by atoms with van der Waals surface area (Å²) in [6.45, 7) is 0.989. The van der Waals surface area contributed by atoms with E-state index in [1.165, 1.54) is 0 Å². The smallest absolute Gasteiger partial charge is 0.225 e. The van der Waals surface area contributed by atoms with E-state index in [9.17, 15) is 0 Å². The van der Waals surface area contributed by atoms with Crippen LogP contribution in [-0.4, -0.2) is 21.5 Å². The van der Waals surface area contributed by atoms with Crippen LogP contribution >= 0.6 is 15.9 Å². The SMILES string of the molecule is Brc1cnc(N2CCC[C@@H]2c2ccccn2)nc1. The van der Waals surface area contributed by atoms with Crippen molar-refractivity contribution in [3.05, 3.63) is 47.0 Å². The monoisotopic (exact) mass is 304 g/mol. The van der Waals surface area contributed by atoms with Gasteiger partial charge in [-0.25, -0.2) is 9.97 Å². The van der Waals surface area contributed by atoms with Crippen molar-refractivity contribution < 1.29 is 0 Å². The number of pyridine rings is 1. The van der Waals surface area contributed by atoms with E-state index in [4.69, 9.17) is 0 Å². The average Bonchev–Trinajstić information content (AvgIpc) is 2.90. The molecule has 0 amide bonds. The number of rotatable bonds is 2. The van der Waals surface area contributed by atoms with E-state index in [1.807, 2.05) is 18.3 Å². The minimum atomic E-state index is 0.298. The van der Waals surface area contributed by atoms with Gasteiger partial charge in [0, 0.05) is 25.1 Å². The molecule has 0 unspecified atom stereocenters. The molecule has 2 aromatic heterocycles. The van der Waals surface area contributed by atoms with E-state index in [2.05, 4.69) is 41.8 Å². The molecule has 5 heteroatoms. The number of hydrogen-bond acceptors (Lipinski definition) is 4. The van der Waals surface area contributed by atoms with E-state index in [-0.39, 0.29) is 0 Å². The van der Waals surface area contributed by atoms with Crippen LogP contribution in [0.2, 0.25) is 0 Å². The molecule has 18 heavy (non-hydrogen) atoms. The van der Waals surface area contributed by atoms with Crippen LogP contribution in [0, 0.1) is 0 Å². The normalized spacial score (nSPS) is 19.2. The van der Waals surface area contributed by atoms with Crippen molar-refractivity contribution in [1.82, 2.24) is 15.0 Å². The highest BCUT2D eigenvalue weighted by atomic mass is 79.9. The predicted octanol–water partition coefficient (Wildman–Crippen LogP) is 2.98. The van der Waals surface area contributed by atoms with Crippen molar-refractivity contribution in [2.45, 2.75) is 18.9 Å². The predicted molar refractivity (Wildman–Crippen MR) is 73.3 cm³/mol. The Bertz CT molecular complexity index is 514. The molecular weight excluding hydrogens is 292 g/mol. The molecule has 0 N–H and O–H groups in total. The molecule has 1 aliphatic rings. The molecule has 0 bridgehead atoms. The molecule has 0 aliphatic carbocycles. The molecule has 92 valence electrons. The van der Waals surface area contributed by atoms with Gasteiger partial charge < -0.3 is 4.90 Å². The highest BCUT2D eigenvalue weighted by molar-refractivity contribution is 9.10. The molecule has 1 fully saturated rings. The molecule has 4 nitrogen and oxygen atoms in total. The highest BCUT2D eigenvalue weighted by Crippen LogP contribution is 2.33. The van der Waals surface area contributed by atoms with Crippen molar-refractivity contribution >= 4 is 21.9 Å². The zero-order chi connectivity index (χ0) is 12.4. The number of nitrogens with zero attached hydrogens (tertiary/aromatic N) is 4. The van der Waals surface area contributed by atoms with E-state index in [0.29, 0.717) is 6.04 Å². The minimum Gasteiger partial charge on any atom is -0.332 e. The molecule has 3 heterocycles. The zero-order valence-corrected chi connectivity index (χ0v) is 11.4. The van der Waals surface area contributed by atoms with Gasteiger partial charge in [0.05, 0.1) is 16.2 Å². The Morgan fingerprint density at radius 1 is 1.17 bits per heavy atom. The summed E-state index contributed by atoms with van der Waals surface area (Å²) in [6, 6.07) is 6.34. The van der Waals surface area contributed by atoms with Gasteiger partial charge in [-0.05, 0) is 40.9 Å². The van der Waals surface area contributed by atoms with Gasteiger partial charge in [0.25, 0.3) is 0 Å². The maximum atomic E-state index is 4.45. The first kappa shape index (κ1) is 11.6. The topological polar surface area (TPSA) is 41.9 Å². The Morgan fingerprint density at radius 3 is 2.72 bits per heavy atom. The van der Waals surface area contributed by atoms with Crippen LogP contribution < -0.4 is 4.90 Å². The Labute approximate surface area is 114 Å². The second-order valence-corrected chi connectivity index (χ2v) is 5.22. The summed E-state index contributed by atoms with van der Waals surface area (Å²) in [5.41, 5.74) is 1.10. The molecule has 0 aromatic carbocycles. The fraction of sp³-hybridized carbons (Fsp3) is 0.308. The molecular formula is C13H13BrN4. The third kappa shape index (κ3) is 2.22. The molecule has 0 spiro atoms. The van der Waals surface area contributed by atoms with Crippen LogP contribution in [0.4, 0.5) is 5.95 Å². The summed E-state index contributed by atoms with van der Waals surface area (Å²) in [4.78, 5) is 15.4. The van der Waals surface area contributed by atoms with Crippen molar-refractivity contribution in [1.29, 1.82) is 0 Å². The largest absolute Gasteiger partial charge is 0.332 e. The van der Waals surface area contributed by atoms with Gasteiger partial charge in [-0.3, -0.25) is 4.98 Å². The van der Waals surface area contributed by atoms with Crippen molar-refractivity contribution in [2.75, 3.05) is 11.4 Å². The first-order valence-electron chi connectivity index (χ1n) is 6.00. The van der Waals surface area contributed by atoms with E-state index >= 15 is 0 Å². The molecule has 1 atom stereocenters. The first-order valence-corrected chi connectivity index (χ1v) is 6.79. The lowest BCUT2D eigenvalue weighted by Crippen LogP contribution is -2.25. The number of halogens is 1. The molecule has 0 radical (unpaired) electrons. The average molecular weight is 305 g/mol. The number of anilines is 1. The lowest BCUT2D eigenvalue weighted by molar-refractivity contribution is 0.679. The lowest BCUT2D eigenvalue weighted by atomic mass is 10.1. The van der Waals surface area contributed by atoms with E-state index in [0.717, 1.165) is 35.5 Å². The highest BCUT2D eigenvalue weighted by Gasteiger charge is 2.28. The summed E-state index contributed by atoms with van der Waals surface area (Å²) >= 11 is 3.36. The fourth-order valence-corrected chi connectivity index (χ4v) is 2.55. The Morgan fingerprint density at radius 2 is 2.00 bits per heavy atom. The Balaban J connectivity index is 1.90. The third-order valence-electron chi connectivity index (χ3n) is 3.15. The zero-order valence-electron chi connectivity index (χ0n) is 9.83. The third-order valence-corrected chi connectivity index (χ3v) is 3.56. The van der Waals surface area contributed by atoms with Gasteiger partial charge in [-0.15, -0.1) is 0 Å². The van der Waals surface area contributed by atoms with Gasteiger partial charge in [0.2, 0.25) is 5.95 Å². The van der Waals surface area contributed by atoms with Gasteiger partial charge >= 0.3 is 0 Å². The second kappa shape index (κ2) is 5.02. The quantitative estimate of drug-likeness (QED) is 0.855. The maximum Gasteiger partial charge on any atom is 0.225 e. The van der Waals surface area contributed by atoms with Gasteiger partial charge in [0.15, 0.2) is 0 Å². The molecule has 0 saturated carbocycles. The van der Waals surface area contributed by atoms with Crippen molar-refractivity contribution in [3.63, 3.8) is 0 Å². The summed E-state index contributed by atoms with van der Waals surface area (Å²) < 4.78 is 0.903. The van der Waals surface area contributed by atoms with Gasteiger partial charge in [0.1, 0.15) is 0 Å². The first-order chi connectivity index (χ1) is 8.84. The minimum absolute atomic E-state index is 0.298. The van der Waals surface area contributed by atoms with Crippen LogP contribution in [0.15, 0.2) is 41.3 Å². The Hall–Kier alpha value is -1.49.